The fourth-order valence-electron chi connectivity index (χ4n) is 5.06. The van der Waals surface area contributed by atoms with Crippen molar-refractivity contribution in [2.24, 2.45) is 7.05 Å². The Morgan fingerprint density at radius 3 is 1.85 bits per heavy atom. The second kappa shape index (κ2) is 15.7. The summed E-state index contributed by atoms with van der Waals surface area (Å²) in [7, 11) is 2.01. The minimum absolute atomic E-state index is 0.190. The fraction of sp³-hybridized carbons (Fsp3) is 0.312. The first-order valence-corrected chi connectivity index (χ1v) is 14.1. The van der Waals surface area contributed by atoms with Gasteiger partial charge in [0.15, 0.2) is 0 Å². The van der Waals surface area contributed by atoms with Gasteiger partial charge in [-0.15, -0.1) is 0 Å². The van der Waals surface area contributed by atoms with Gasteiger partial charge < -0.3 is 15.1 Å². The molecule has 252 valence electrons. The van der Waals surface area contributed by atoms with E-state index < -0.39 is 24.3 Å². The van der Waals surface area contributed by atoms with Crippen molar-refractivity contribution in [3.8, 4) is 11.3 Å². The molecule has 0 radical (unpaired) electrons. The van der Waals surface area contributed by atoms with Crippen molar-refractivity contribution in [3.05, 3.63) is 108 Å². The lowest BCUT2D eigenvalue weighted by molar-refractivity contribution is -0.193. The van der Waals surface area contributed by atoms with Crippen molar-refractivity contribution in [2.75, 3.05) is 19.6 Å². The standard InChI is InChI=1S/C28H29FN4.2C2HF3O2/c1-32-27(21-25(31-32)23-10-12-24(29)13-11-23)28(26-9-5-6-17-30-26)15-19-33(20-16-28)18-14-22-7-3-2-4-8-22;2*3-2(4,5)1(6)7/h2-13,17,21H,14-16,18-20H2,1H3;2*(H,6,7). The normalized spacial score (nSPS) is 14.6. The SMILES string of the molecule is Cn1nc(-c2ccc(F)cc2)cc1C1(c2ccccn2)CCN(CCc2ccccc2)CC1.O=C(O)C(F)(F)F.O=C(O)C(F)(F)F. The number of halogens is 7. The third-order valence-electron chi connectivity index (χ3n) is 7.42. The van der Waals surface area contributed by atoms with Crippen LogP contribution in [0.1, 0.15) is 29.8 Å². The van der Waals surface area contributed by atoms with Gasteiger partial charge in [0.05, 0.1) is 22.5 Å². The zero-order chi connectivity index (χ0) is 34.8. The van der Waals surface area contributed by atoms with Gasteiger partial charge >= 0.3 is 24.3 Å². The van der Waals surface area contributed by atoms with Gasteiger partial charge in [-0.25, -0.2) is 14.0 Å². The molecule has 0 atom stereocenters. The summed E-state index contributed by atoms with van der Waals surface area (Å²) in [6.45, 7) is 3.09. The molecule has 5 rings (SSSR count). The number of carboxylic acid groups (broad SMARTS) is 2. The van der Waals surface area contributed by atoms with Crippen molar-refractivity contribution in [1.29, 1.82) is 0 Å². The molecule has 15 heteroatoms. The number of alkyl halides is 6. The number of aryl methyl sites for hydroxylation is 1. The van der Waals surface area contributed by atoms with Gasteiger partial charge in [0, 0.05) is 25.4 Å². The zero-order valence-electron chi connectivity index (χ0n) is 25.0. The second-order valence-electron chi connectivity index (χ2n) is 10.5. The van der Waals surface area contributed by atoms with Crippen LogP contribution in [0.2, 0.25) is 0 Å². The first-order chi connectivity index (χ1) is 22.0. The molecule has 2 aromatic heterocycles. The molecule has 8 nitrogen and oxygen atoms in total. The molecule has 1 fully saturated rings. The van der Waals surface area contributed by atoms with Gasteiger partial charge in [0.25, 0.3) is 0 Å². The van der Waals surface area contributed by atoms with Crippen LogP contribution in [0.25, 0.3) is 11.3 Å². The Labute approximate surface area is 265 Å². The minimum Gasteiger partial charge on any atom is -0.475 e. The van der Waals surface area contributed by atoms with Gasteiger partial charge in [-0.3, -0.25) is 9.67 Å². The van der Waals surface area contributed by atoms with E-state index in [0.29, 0.717) is 0 Å². The van der Waals surface area contributed by atoms with Crippen LogP contribution >= 0.6 is 0 Å². The van der Waals surface area contributed by atoms with Crippen LogP contribution in [0, 0.1) is 5.82 Å². The van der Waals surface area contributed by atoms with E-state index in [4.69, 9.17) is 29.9 Å². The number of nitrogens with zero attached hydrogens (tertiary/aromatic N) is 4. The molecular weight excluding hydrogens is 637 g/mol. The highest BCUT2D eigenvalue weighted by Crippen LogP contribution is 2.42. The molecule has 3 heterocycles. The molecule has 47 heavy (non-hydrogen) atoms. The number of likely N-dealkylation sites (tertiary alicyclic amines) is 1. The largest absolute Gasteiger partial charge is 0.490 e. The van der Waals surface area contributed by atoms with Crippen LogP contribution in [0.3, 0.4) is 0 Å². The molecule has 1 aliphatic heterocycles. The number of rotatable bonds is 6. The summed E-state index contributed by atoms with van der Waals surface area (Å²) in [4.78, 5) is 25.1. The fourth-order valence-corrected chi connectivity index (χ4v) is 5.06. The van der Waals surface area contributed by atoms with E-state index in [1.807, 2.05) is 24.0 Å². The van der Waals surface area contributed by atoms with E-state index in [1.54, 1.807) is 12.1 Å². The quantitative estimate of drug-likeness (QED) is 0.226. The molecule has 0 bridgehead atoms. The van der Waals surface area contributed by atoms with Crippen molar-refractivity contribution >= 4 is 11.9 Å². The summed E-state index contributed by atoms with van der Waals surface area (Å²) in [5.41, 5.74) is 5.26. The van der Waals surface area contributed by atoms with Gasteiger partial charge in [0.2, 0.25) is 0 Å². The summed E-state index contributed by atoms with van der Waals surface area (Å²) < 4.78 is 78.9. The summed E-state index contributed by atoms with van der Waals surface area (Å²) in [5, 5.41) is 19.1. The third kappa shape index (κ3) is 10.4. The Balaban J connectivity index is 0.000000360. The van der Waals surface area contributed by atoms with E-state index in [2.05, 4.69) is 53.4 Å². The number of carboxylic acids is 2. The van der Waals surface area contributed by atoms with Gasteiger partial charge in [0.1, 0.15) is 5.82 Å². The lowest BCUT2D eigenvalue weighted by Crippen LogP contribution is -2.45. The predicted octanol–water partition coefficient (Wildman–Crippen LogP) is 6.51. The van der Waals surface area contributed by atoms with Crippen LogP contribution in [0.4, 0.5) is 30.7 Å². The van der Waals surface area contributed by atoms with Gasteiger partial charge in [-0.2, -0.15) is 31.4 Å². The number of hydrogen-bond donors (Lipinski definition) is 2. The van der Waals surface area contributed by atoms with Gasteiger partial charge in [-0.1, -0.05) is 36.4 Å². The molecule has 0 amide bonds. The number of aromatic nitrogens is 3. The molecule has 1 saturated heterocycles. The summed E-state index contributed by atoms with van der Waals surface area (Å²) >= 11 is 0. The Hall–Kier alpha value is -4.79. The summed E-state index contributed by atoms with van der Waals surface area (Å²) in [6, 6.07) is 25.6. The molecule has 0 aliphatic carbocycles. The van der Waals surface area contributed by atoms with Crippen LogP contribution in [0.15, 0.2) is 85.1 Å². The molecule has 2 N–H and O–H groups in total. The van der Waals surface area contributed by atoms with Crippen molar-refractivity contribution in [2.45, 2.75) is 37.0 Å². The Morgan fingerprint density at radius 2 is 1.36 bits per heavy atom. The number of piperidine rings is 1. The zero-order valence-corrected chi connectivity index (χ0v) is 25.0. The van der Waals surface area contributed by atoms with E-state index in [0.717, 1.165) is 55.8 Å². The van der Waals surface area contributed by atoms with E-state index in [-0.39, 0.29) is 11.2 Å². The molecular formula is C32H31F7N4O4. The Morgan fingerprint density at radius 1 is 0.830 bits per heavy atom. The summed E-state index contributed by atoms with van der Waals surface area (Å²) in [5.74, 6) is -5.75. The molecule has 1 aliphatic rings. The third-order valence-corrected chi connectivity index (χ3v) is 7.42. The van der Waals surface area contributed by atoms with E-state index in [1.165, 1.54) is 23.4 Å². The molecule has 4 aromatic rings. The highest BCUT2D eigenvalue weighted by atomic mass is 19.4. The van der Waals surface area contributed by atoms with Crippen LogP contribution < -0.4 is 0 Å². The number of pyridine rings is 1. The smallest absolute Gasteiger partial charge is 0.475 e. The Bertz CT molecular complexity index is 1560. The average molecular weight is 669 g/mol. The molecule has 0 unspecified atom stereocenters. The van der Waals surface area contributed by atoms with Gasteiger partial charge in [-0.05, 0) is 80.4 Å². The lowest BCUT2D eigenvalue weighted by Gasteiger charge is -2.41. The maximum Gasteiger partial charge on any atom is 0.490 e. The topological polar surface area (TPSA) is 109 Å². The number of benzene rings is 2. The number of hydrogen-bond acceptors (Lipinski definition) is 5. The maximum absolute atomic E-state index is 13.4. The number of carbonyl (C=O) groups is 2. The van der Waals surface area contributed by atoms with Crippen LogP contribution in [0.5, 0.6) is 0 Å². The molecule has 2 aromatic carbocycles. The highest BCUT2D eigenvalue weighted by Gasteiger charge is 2.42. The monoisotopic (exact) mass is 668 g/mol. The lowest BCUT2D eigenvalue weighted by atomic mass is 9.72. The average Bonchev–Trinajstić information content (AvgIpc) is 3.43. The van der Waals surface area contributed by atoms with Crippen LogP contribution in [-0.4, -0.2) is 73.8 Å². The first kappa shape index (κ1) is 36.7. The minimum atomic E-state index is -5.08. The van der Waals surface area contributed by atoms with E-state index in [9.17, 15) is 30.7 Å². The first-order valence-electron chi connectivity index (χ1n) is 14.1. The van der Waals surface area contributed by atoms with Crippen LogP contribution in [-0.2, 0) is 28.5 Å². The Kier molecular flexibility index (Phi) is 12.2. The highest BCUT2D eigenvalue weighted by molar-refractivity contribution is 5.73. The summed E-state index contributed by atoms with van der Waals surface area (Å²) in [6.07, 6.45) is -5.24. The van der Waals surface area contributed by atoms with E-state index >= 15 is 0 Å². The molecule has 0 spiro atoms. The maximum atomic E-state index is 13.4. The van der Waals surface area contributed by atoms with Crippen molar-refractivity contribution < 1.29 is 50.5 Å². The molecule has 0 saturated carbocycles. The predicted molar refractivity (Wildman–Crippen MR) is 157 cm³/mol. The number of aliphatic carboxylic acids is 2. The van der Waals surface area contributed by atoms with Crippen molar-refractivity contribution in [1.82, 2.24) is 19.7 Å². The van der Waals surface area contributed by atoms with Crippen molar-refractivity contribution in [3.63, 3.8) is 0 Å². The second-order valence-corrected chi connectivity index (χ2v) is 10.5.